The third-order valence-electron chi connectivity index (χ3n) is 4.51. The zero-order valence-electron chi connectivity index (χ0n) is 16.5. The Morgan fingerprint density at radius 1 is 1.03 bits per heavy atom. The van der Waals surface area contributed by atoms with Crippen LogP contribution >= 0.6 is 11.6 Å². The number of H-pyrrole nitrogens is 1. The molecule has 4 aromatic rings. The highest BCUT2D eigenvalue weighted by Crippen LogP contribution is 2.30. The van der Waals surface area contributed by atoms with Gasteiger partial charge in [-0.3, -0.25) is 9.89 Å². The third kappa shape index (κ3) is 5.18. The maximum atomic E-state index is 12.4. The summed E-state index contributed by atoms with van der Waals surface area (Å²) in [5.41, 5.74) is 5.91. The Morgan fingerprint density at radius 2 is 1.77 bits per heavy atom. The van der Waals surface area contributed by atoms with E-state index < -0.39 is 0 Å². The summed E-state index contributed by atoms with van der Waals surface area (Å²) in [6, 6.07) is 26.2. The normalized spacial score (nSPS) is 10.9. The van der Waals surface area contributed by atoms with Gasteiger partial charge in [0.25, 0.3) is 5.91 Å². The first kappa shape index (κ1) is 20.4. The number of benzene rings is 3. The van der Waals surface area contributed by atoms with Crippen LogP contribution in [0.4, 0.5) is 0 Å². The number of amides is 1. The van der Waals surface area contributed by atoms with Crippen molar-refractivity contribution in [2.45, 2.75) is 6.61 Å². The van der Waals surface area contributed by atoms with E-state index in [4.69, 9.17) is 16.3 Å². The number of hydrogen-bond donors (Lipinski definition) is 2. The van der Waals surface area contributed by atoms with Crippen molar-refractivity contribution >= 4 is 23.7 Å². The Kier molecular flexibility index (Phi) is 6.40. The Hall–Kier alpha value is -3.90. The van der Waals surface area contributed by atoms with E-state index in [0.29, 0.717) is 28.8 Å². The second-order valence-corrected chi connectivity index (χ2v) is 7.06. The quantitative estimate of drug-likeness (QED) is 0.317. The van der Waals surface area contributed by atoms with Gasteiger partial charge >= 0.3 is 0 Å². The van der Waals surface area contributed by atoms with Crippen LogP contribution in [0.15, 0.2) is 90.0 Å². The van der Waals surface area contributed by atoms with Crippen molar-refractivity contribution < 1.29 is 9.53 Å². The van der Waals surface area contributed by atoms with Crippen LogP contribution in [0.2, 0.25) is 5.02 Å². The van der Waals surface area contributed by atoms with Crippen LogP contribution in [-0.4, -0.2) is 22.3 Å². The molecule has 0 fully saturated rings. The van der Waals surface area contributed by atoms with Crippen LogP contribution in [-0.2, 0) is 6.61 Å². The van der Waals surface area contributed by atoms with E-state index in [2.05, 4.69) is 20.7 Å². The molecule has 7 heteroatoms. The summed E-state index contributed by atoms with van der Waals surface area (Å²) in [5, 5.41) is 11.6. The molecule has 0 saturated heterocycles. The summed E-state index contributed by atoms with van der Waals surface area (Å²) in [6.07, 6.45) is 1.58. The van der Waals surface area contributed by atoms with Gasteiger partial charge in [0.1, 0.15) is 18.1 Å². The van der Waals surface area contributed by atoms with E-state index in [1.807, 2.05) is 78.9 Å². The van der Waals surface area contributed by atoms with Crippen LogP contribution in [0.5, 0.6) is 5.75 Å². The number of carbonyl (C=O) groups is 1. The molecular weight excluding hydrogens is 412 g/mol. The lowest BCUT2D eigenvalue weighted by molar-refractivity contribution is 0.0950. The molecule has 0 spiro atoms. The monoisotopic (exact) mass is 430 g/mol. The minimum Gasteiger partial charge on any atom is -0.488 e. The smallest absolute Gasteiger partial charge is 0.289 e. The van der Waals surface area contributed by atoms with Crippen LogP contribution in [0, 0.1) is 0 Å². The van der Waals surface area contributed by atoms with Gasteiger partial charge in [-0.15, -0.1) is 0 Å². The molecule has 0 aliphatic carbocycles. The van der Waals surface area contributed by atoms with E-state index in [0.717, 1.165) is 16.7 Å². The minimum atomic E-state index is -0.389. The maximum Gasteiger partial charge on any atom is 0.289 e. The summed E-state index contributed by atoms with van der Waals surface area (Å²) >= 11 is 6.21. The zero-order valence-corrected chi connectivity index (χ0v) is 17.2. The summed E-state index contributed by atoms with van der Waals surface area (Å²) in [4.78, 5) is 12.4. The largest absolute Gasteiger partial charge is 0.488 e. The molecule has 0 aliphatic heterocycles. The highest BCUT2D eigenvalue weighted by molar-refractivity contribution is 6.31. The fourth-order valence-electron chi connectivity index (χ4n) is 2.92. The average Bonchev–Trinajstić information content (AvgIpc) is 3.30. The Morgan fingerprint density at radius 3 is 2.61 bits per heavy atom. The first-order valence-electron chi connectivity index (χ1n) is 9.60. The minimum absolute atomic E-state index is 0.293. The number of nitrogens with zero attached hydrogens (tertiary/aromatic N) is 2. The molecular formula is C24H19ClN4O2. The molecule has 0 aliphatic rings. The molecule has 1 amide bonds. The molecule has 2 N–H and O–H groups in total. The summed E-state index contributed by atoms with van der Waals surface area (Å²) in [6.45, 7) is 0.322. The predicted octanol–water partition coefficient (Wildman–Crippen LogP) is 5.07. The summed E-state index contributed by atoms with van der Waals surface area (Å²) in [7, 11) is 0. The molecule has 1 aromatic heterocycles. The Balaban J connectivity index is 1.45. The van der Waals surface area contributed by atoms with Crippen LogP contribution in [0.25, 0.3) is 11.3 Å². The maximum absolute atomic E-state index is 12.4. The van der Waals surface area contributed by atoms with Crippen LogP contribution in [0.1, 0.15) is 21.6 Å². The molecule has 6 nitrogen and oxygen atoms in total. The number of halogens is 1. The average molecular weight is 431 g/mol. The fraction of sp³-hybridized carbons (Fsp3) is 0.0417. The number of hydrogen-bond acceptors (Lipinski definition) is 4. The lowest BCUT2D eigenvalue weighted by atomic mass is 10.1. The standard InChI is InChI=1S/C24H19ClN4O2/c25-20-12-6-4-10-18(20)16-31-23-13-7-5-11-19(23)21-14-22(28-27-21)24(30)29-26-15-17-8-2-1-3-9-17/h1-15H,16H2,(H,27,28)(H,29,30). The lowest BCUT2D eigenvalue weighted by Gasteiger charge is -2.11. The van der Waals surface area contributed by atoms with Crippen molar-refractivity contribution in [2.24, 2.45) is 5.10 Å². The molecule has 154 valence electrons. The first-order valence-corrected chi connectivity index (χ1v) is 9.98. The van der Waals surface area contributed by atoms with Crippen molar-refractivity contribution in [3.63, 3.8) is 0 Å². The van der Waals surface area contributed by atoms with Gasteiger partial charge in [-0.25, -0.2) is 5.43 Å². The number of rotatable bonds is 7. The van der Waals surface area contributed by atoms with Crippen molar-refractivity contribution in [3.8, 4) is 17.0 Å². The molecule has 0 atom stereocenters. The molecule has 0 unspecified atom stereocenters. The SMILES string of the molecule is O=C(NN=Cc1ccccc1)c1cc(-c2ccccc2OCc2ccccc2Cl)n[nH]1. The number of ether oxygens (including phenoxy) is 1. The van der Waals surface area contributed by atoms with E-state index in [-0.39, 0.29) is 5.91 Å². The lowest BCUT2D eigenvalue weighted by Crippen LogP contribution is -2.17. The van der Waals surface area contributed by atoms with Crippen molar-refractivity contribution in [3.05, 3.63) is 107 Å². The predicted molar refractivity (Wildman–Crippen MR) is 121 cm³/mol. The molecule has 4 rings (SSSR count). The second kappa shape index (κ2) is 9.73. The topological polar surface area (TPSA) is 79.4 Å². The third-order valence-corrected chi connectivity index (χ3v) is 4.87. The number of carbonyl (C=O) groups excluding carboxylic acids is 1. The summed E-state index contributed by atoms with van der Waals surface area (Å²) < 4.78 is 5.98. The van der Waals surface area contributed by atoms with Gasteiger partial charge in [-0.05, 0) is 29.8 Å². The number of hydrazone groups is 1. The first-order chi connectivity index (χ1) is 15.2. The molecule has 0 radical (unpaired) electrons. The van der Waals surface area contributed by atoms with Gasteiger partial charge in [0.05, 0.1) is 11.9 Å². The second-order valence-electron chi connectivity index (χ2n) is 6.65. The van der Waals surface area contributed by atoms with Gasteiger partial charge in [-0.2, -0.15) is 10.2 Å². The van der Waals surface area contributed by atoms with Gasteiger partial charge in [0, 0.05) is 16.1 Å². The number of nitrogens with one attached hydrogen (secondary N) is 2. The molecule has 3 aromatic carbocycles. The Bertz CT molecular complexity index is 1200. The van der Waals surface area contributed by atoms with Gasteiger partial charge < -0.3 is 4.74 Å². The fourth-order valence-corrected chi connectivity index (χ4v) is 3.11. The van der Waals surface area contributed by atoms with E-state index >= 15 is 0 Å². The van der Waals surface area contributed by atoms with E-state index in [9.17, 15) is 4.79 Å². The molecule has 1 heterocycles. The number of aromatic nitrogens is 2. The highest BCUT2D eigenvalue weighted by atomic mass is 35.5. The van der Waals surface area contributed by atoms with Gasteiger partial charge in [-0.1, -0.05) is 72.3 Å². The van der Waals surface area contributed by atoms with Crippen LogP contribution < -0.4 is 10.2 Å². The van der Waals surface area contributed by atoms with E-state index in [1.165, 1.54) is 0 Å². The van der Waals surface area contributed by atoms with Crippen molar-refractivity contribution in [1.29, 1.82) is 0 Å². The molecule has 0 saturated carbocycles. The number of para-hydroxylation sites is 1. The van der Waals surface area contributed by atoms with E-state index in [1.54, 1.807) is 12.3 Å². The van der Waals surface area contributed by atoms with Gasteiger partial charge in [0.15, 0.2) is 0 Å². The van der Waals surface area contributed by atoms with Crippen molar-refractivity contribution in [1.82, 2.24) is 15.6 Å². The van der Waals surface area contributed by atoms with Crippen molar-refractivity contribution in [2.75, 3.05) is 0 Å². The van der Waals surface area contributed by atoms with Crippen LogP contribution in [0.3, 0.4) is 0 Å². The zero-order chi connectivity index (χ0) is 21.5. The molecule has 31 heavy (non-hydrogen) atoms. The Labute approximate surface area is 184 Å². The van der Waals surface area contributed by atoms with Gasteiger partial charge in [0.2, 0.25) is 0 Å². The number of aromatic amines is 1. The highest BCUT2D eigenvalue weighted by Gasteiger charge is 2.14. The molecule has 0 bridgehead atoms. The summed E-state index contributed by atoms with van der Waals surface area (Å²) in [5.74, 6) is 0.253.